The third kappa shape index (κ3) is 7.89. The quantitative estimate of drug-likeness (QED) is 0.383. The summed E-state index contributed by atoms with van der Waals surface area (Å²) < 4.78 is 46.2. The van der Waals surface area contributed by atoms with E-state index in [9.17, 15) is 13.0 Å². The first-order valence-electron chi connectivity index (χ1n) is 4.14. The highest BCUT2D eigenvalue weighted by molar-refractivity contribution is 7.85. The van der Waals surface area contributed by atoms with Gasteiger partial charge in [0.05, 0.1) is 12.9 Å². The first-order valence-corrected chi connectivity index (χ1v) is 7.50. The summed E-state index contributed by atoms with van der Waals surface area (Å²) in [5.74, 6) is 0. The van der Waals surface area contributed by atoms with E-state index in [-0.39, 0.29) is 13.2 Å². The highest BCUT2D eigenvalue weighted by Gasteiger charge is 2.19. The van der Waals surface area contributed by atoms with Crippen molar-refractivity contribution in [3.63, 3.8) is 0 Å². The van der Waals surface area contributed by atoms with E-state index in [1.54, 1.807) is 0 Å². The highest BCUT2D eigenvalue weighted by Crippen LogP contribution is 2.40. The van der Waals surface area contributed by atoms with Gasteiger partial charge < -0.3 is 9.05 Å². The second kappa shape index (κ2) is 6.57. The van der Waals surface area contributed by atoms with Gasteiger partial charge in [-0.25, -0.2) is 9.65 Å². The van der Waals surface area contributed by atoms with Crippen LogP contribution in [0.3, 0.4) is 0 Å². The van der Waals surface area contributed by atoms with Crippen LogP contribution in [0.15, 0.2) is 0 Å². The topological polar surface area (TPSA) is 90.9 Å². The number of rotatable bonds is 8. The molecule has 0 aliphatic heterocycles. The van der Waals surface area contributed by atoms with Crippen LogP contribution in [0.4, 0.5) is 0 Å². The van der Waals surface area contributed by atoms with Crippen LogP contribution in [0.25, 0.3) is 0 Å². The Bertz CT molecular complexity index is 308. The first-order chi connectivity index (χ1) is 6.83. The second-order valence-corrected chi connectivity index (χ2v) is 6.34. The molecule has 0 amide bonds. The summed E-state index contributed by atoms with van der Waals surface area (Å²) in [5.41, 5.74) is 0. The van der Waals surface area contributed by atoms with E-state index in [2.05, 4.69) is 18.3 Å². The number of hydrogen-bond donors (Lipinski definition) is 1. The maximum absolute atomic E-state index is 11.4. The smallest absolute Gasteiger partial charge is 0.300 e. The van der Waals surface area contributed by atoms with Crippen LogP contribution in [0, 0.1) is 0 Å². The minimum absolute atomic E-state index is 0.0270. The van der Waals surface area contributed by atoms with Gasteiger partial charge in [0.1, 0.15) is 0 Å². The summed E-state index contributed by atoms with van der Waals surface area (Å²) in [6, 6.07) is 0. The molecule has 0 aliphatic rings. The van der Waals surface area contributed by atoms with Crippen LogP contribution >= 0.6 is 7.75 Å². The van der Waals surface area contributed by atoms with Crippen molar-refractivity contribution in [2.75, 3.05) is 33.6 Å². The molecule has 0 saturated heterocycles. The molecule has 92 valence electrons. The Kier molecular flexibility index (Phi) is 6.58. The Morgan fingerprint density at radius 1 is 1.27 bits per heavy atom. The van der Waals surface area contributed by atoms with Crippen LogP contribution in [-0.4, -0.2) is 42.0 Å². The summed E-state index contributed by atoms with van der Waals surface area (Å²) in [6.07, 6.45) is 1.35. The zero-order valence-electron chi connectivity index (χ0n) is 8.93. The van der Waals surface area contributed by atoms with E-state index in [0.717, 1.165) is 6.26 Å². The lowest BCUT2D eigenvalue weighted by Crippen LogP contribution is -2.16. The molecule has 0 aromatic heterocycles. The van der Waals surface area contributed by atoms with E-state index in [0.29, 0.717) is 6.42 Å². The Hall–Kier alpha value is 0.0200. The van der Waals surface area contributed by atoms with Crippen molar-refractivity contribution in [1.29, 1.82) is 0 Å². The summed E-state index contributed by atoms with van der Waals surface area (Å²) in [6.45, 7) is 0.299. The predicted octanol–water partition coefficient (Wildman–Crippen LogP) is 0.343. The summed E-state index contributed by atoms with van der Waals surface area (Å²) in [7, 11) is -4.12. The Morgan fingerprint density at radius 3 is 2.20 bits per heavy atom. The Labute approximate surface area is 89.8 Å². The molecule has 15 heavy (non-hydrogen) atoms. The fourth-order valence-electron chi connectivity index (χ4n) is 0.702. The molecule has 0 bridgehead atoms. The van der Waals surface area contributed by atoms with Gasteiger partial charge in [-0.15, -0.1) is 0 Å². The van der Waals surface area contributed by atoms with Crippen molar-refractivity contribution in [1.82, 2.24) is 5.09 Å². The van der Waals surface area contributed by atoms with Crippen molar-refractivity contribution in [2.24, 2.45) is 0 Å². The van der Waals surface area contributed by atoms with E-state index >= 15 is 0 Å². The van der Waals surface area contributed by atoms with E-state index in [4.69, 9.17) is 0 Å². The van der Waals surface area contributed by atoms with Crippen molar-refractivity contribution in [3.8, 4) is 0 Å². The van der Waals surface area contributed by atoms with Gasteiger partial charge in [-0.3, -0.25) is 4.18 Å². The average Bonchev–Trinajstić information content (AvgIpc) is 2.15. The summed E-state index contributed by atoms with van der Waals surface area (Å²) in [5, 5.41) is 2.52. The summed E-state index contributed by atoms with van der Waals surface area (Å²) >= 11 is 0. The van der Waals surface area contributed by atoms with E-state index < -0.39 is 17.9 Å². The minimum Gasteiger partial charge on any atom is -0.300 e. The molecule has 0 rings (SSSR count). The zero-order valence-corrected chi connectivity index (χ0v) is 10.6. The highest BCUT2D eigenvalue weighted by atomic mass is 32.2. The van der Waals surface area contributed by atoms with E-state index in [1.165, 1.54) is 14.2 Å². The predicted molar refractivity (Wildman–Crippen MR) is 55.0 cm³/mol. The van der Waals surface area contributed by atoms with E-state index in [1.807, 2.05) is 0 Å². The fourth-order valence-corrected chi connectivity index (χ4v) is 1.96. The van der Waals surface area contributed by atoms with Crippen LogP contribution in [0.1, 0.15) is 6.42 Å². The first kappa shape index (κ1) is 15.0. The van der Waals surface area contributed by atoms with Crippen molar-refractivity contribution < 1.29 is 26.2 Å². The Morgan fingerprint density at radius 2 is 1.80 bits per heavy atom. The molecule has 9 heteroatoms. The van der Waals surface area contributed by atoms with Crippen LogP contribution in [-0.2, 0) is 27.9 Å². The normalized spacial score (nSPS) is 13.0. The lowest BCUT2D eigenvalue weighted by molar-refractivity contribution is 0.261. The molecule has 0 aliphatic carbocycles. The van der Waals surface area contributed by atoms with Crippen molar-refractivity contribution in [2.45, 2.75) is 6.42 Å². The second-order valence-electron chi connectivity index (χ2n) is 2.65. The molecule has 0 spiro atoms. The third-order valence-corrected chi connectivity index (χ3v) is 3.57. The van der Waals surface area contributed by atoms with Crippen LogP contribution < -0.4 is 5.09 Å². The van der Waals surface area contributed by atoms with Crippen molar-refractivity contribution >= 4 is 17.9 Å². The lowest BCUT2D eigenvalue weighted by Gasteiger charge is -2.14. The monoisotopic (exact) mass is 261 g/mol. The molecule has 0 aromatic carbocycles. The molecular weight excluding hydrogens is 245 g/mol. The third-order valence-electron chi connectivity index (χ3n) is 1.40. The van der Waals surface area contributed by atoms with Gasteiger partial charge in [-0.2, -0.15) is 8.42 Å². The summed E-state index contributed by atoms with van der Waals surface area (Å²) in [4.78, 5) is 0. The van der Waals surface area contributed by atoms with Gasteiger partial charge in [-0.05, 0) is 6.42 Å². The average molecular weight is 261 g/mol. The van der Waals surface area contributed by atoms with Crippen LogP contribution in [0.2, 0.25) is 0 Å². The maximum Gasteiger partial charge on any atom is 0.404 e. The molecule has 0 fully saturated rings. The zero-order chi connectivity index (χ0) is 11.9. The van der Waals surface area contributed by atoms with Gasteiger partial charge in [0.25, 0.3) is 10.1 Å². The molecular formula is C6H16NO6PS. The molecule has 7 nitrogen and oxygen atoms in total. The van der Waals surface area contributed by atoms with Gasteiger partial charge in [0.2, 0.25) is 0 Å². The standard InChI is InChI=1S/C6H16NO6PS/c1-11-14(8,12-2)7-5-4-6-13-15(3,9)10/h4-6H2,1-3H3,(H,7,8). The van der Waals surface area contributed by atoms with Gasteiger partial charge in [0.15, 0.2) is 0 Å². The van der Waals surface area contributed by atoms with Gasteiger partial charge in [-0.1, -0.05) is 0 Å². The maximum atomic E-state index is 11.4. The lowest BCUT2D eigenvalue weighted by atomic mass is 10.5. The SMILES string of the molecule is COP(=O)(NCCCOS(C)(=O)=O)OC. The molecule has 0 heterocycles. The number of nitrogens with one attached hydrogen (secondary N) is 1. The molecule has 1 N–H and O–H groups in total. The molecule has 0 radical (unpaired) electrons. The fraction of sp³-hybridized carbons (Fsp3) is 1.00. The molecule has 0 saturated carbocycles. The van der Waals surface area contributed by atoms with Gasteiger partial charge >= 0.3 is 7.75 Å². The van der Waals surface area contributed by atoms with Crippen molar-refractivity contribution in [3.05, 3.63) is 0 Å². The Balaban J connectivity index is 3.68. The van der Waals surface area contributed by atoms with Crippen LogP contribution in [0.5, 0.6) is 0 Å². The minimum atomic E-state index is -3.41. The molecule has 0 atom stereocenters. The number of hydrogen-bond acceptors (Lipinski definition) is 6. The largest absolute Gasteiger partial charge is 0.404 e. The molecule has 0 aromatic rings. The molecule has 0 unspecified atom stereocenters. The van der Waals surface area contributed by atoms with Gasteiger partial charge in [0, 0.05) is 20.8 Å².